The Morgan fingerprint density at radius 3 is 2.41 bits per heavy atom. The molecule has 5 nitrogen and oxygen atoms in total. The average molecular weight is 395 g/mol. The third kappa shape index (κ3) is 6.14. The molecule has 0 radical (unpaired) electrons. The highest BCUT2D eigenvalue weighted by atomic mass is 28.4. The molecule has 1 saturated heterocycles. The van der Waals surface area contributed by atoms with Gasteiger partial charge in [0.2, 0.25) is 0 Å². The number of carbonyl (C=O) groups excluding carboxylic acids is 1. The third-order valence-corrected chi connectivity index (χ3v) is 9.92. The lowest BCUT2D eigenvalue weighted by Gasteiger charge is -2.44. The van der Waals surface area contributed by atoms with Crippen molar-refractivity contribution in [1.29, 1.82) is 0 Å². The Morgan fingerprint density at radius 1 is 1.22 bits per heavy atom. The van der Waals surface area contributed by atoms with Crippen molar-refractivity contribution >= 4 is 14.3 Å². The molecule has 1 aliphatic heterocycles. The molecule has 0 amide bonds. The van der Waals surface area contributed by atoms with Gasteiger partial charge in [-0.3, -0.25) is 4.79 Å². The van der Waals surface area contributed by atoms with Gasteiger partial charge in [0.1, 0.15) is 12.2 Å². The second-order valence-electron chi connectivity index (χ2n) is 8.79. The van der Waals surface area contributed by atoms with E-state index in [0.29, 0.717) is 13.0 Å². The van der Waals surface area contributed by atoms with E-state index in [2.05, 4.69) is 33.9 Å². The van der Waals surface area contributed by atoms with E-state index in [9.17, 15) is 4.79 Å². The van der Waals surface area contributed by atoms with Gasteiger partial charge in [-0.05, 0) is 30.6 Å². The van der Waals surface area contributed by atoms with E-state index in [4.69, 9.17) is 18.6 Å². The molecule has 1 heterocycles. The van der Waals surface area contributed by atoms with Gasteiger partial charge in [-0.25, -0.2) is 0 Å². The molecule has 0 aromatic heterocycles. The van der Waals surface area contributed by atoms with Crippen LogP contribution in [0.1, 0.15) is 46.6 Å². The Hall–Kier alpha value is -1.21. The van der Waals surface area contributed by atoms with Gasteiger partial charge in [-0.1, -0.05) is 51.1 Å². The quantitative estimate of drug-likeness (QED) is 0.519. The van der Waals surface area contributed by atoms with Crippen molar-refractivity contribution in [3.05, 3.63) is 35.9 Å². The Morgan fingerprint density at radius 2 is 1.85 bits per heavy atom. The summed E-state index contributed by atoms with van der Waals surface area (Å²) in [4.78, 5) is 11.6. The summed E-state index contributed by atoms with van der Waals surface area (Å²) in [6, 6.07) is 9.95. The zero-order valence-electron chi connectivity index (χ0n) is 17.7. The van der Waals surface area contributed by atoms with Crippen molar-refractivity contribution in [1.82, 2.24) is 0 Å². The summed E-state index contributed by atoms with van der Waals surface area (Å²) >= 11 is 0. The first kappa shape index (κ1) is 22.1. The monoisotopic (exact) mass is 394 g/mol. The van der Waals surface area contributed by atoms with Crippen molar-refractivity contribution in [2.75, 3.05) is 0 Å². The number of hydrogen-bond acceptors (Lipinski definition) is 5. The minimum Gasteiger partial charge on any atom is -0.459 e. The number of carbonyl (C=O) groups is 1. The topological polar surface area (TPSA) is 54.0 Å². The summed E-state index contributed by atoms with van der Waals surface area (Å²) in [6.45, 7) is 14.8. The molecule has 6 heteroatoms. The van der Waals surface area contributed by atoms with Crippen LogP contribution in [0.3, 0.4) is 0 Å². The number of rotatable bonds is 6. The van der Waals surface area contributed by atoms with E-state index in [0.717, 1.165) is 5.56 Å². The maximum absolute atomic E-state index is 11.6. The van der Waals surface area contributed by atoms with Crippen LogP contribution in [0.4, 0.5) is 0 Å². The first-order valence-electron chi connectivity index (χ1n) is 9.65. The molecule has 0 bridgehead atoms. The van der Waals surface area contributed by atoms with Crippen LogP contribution >= 0.6 is 0 Å². The number of ether oxygens (including phenoxy) is 3. The van der Waals surface area contributed by atoms with E-state index >= 15 is 0 Å². The highest BCUT2D eigenvalue weighted by Crippen LogP contribution is 2.39. The molecule has 1 fully saturated rings. The van der Waals surface area contributed by atoms with Crippen LogP contribution in [-0.4, -0.2) is 38.9 Å². The van der Waals surface area contributed by atoms with Crippen LogP contribution in [0.25, 0.3) is 0 Å². The average Bonchev–Trinajstić information content (AvgIpc) is 2.53. The second-order valence-corrected chi connectivity index (χ2v) is 13.6. The summed E-state index contributed by atoms with van der Waals surface area (Å²) in [7, 11) is -1.99. The number of esters is 1. The fourth-order valence-corrected chi connectivity index (χ4v) is 4.08. The molecule has 0 aliphatic carbocycles. The van der Waals surface area contributed by atoms with Crippen LogP contribution < -0.4 is 0 Å². The highest BCUT2D eigenvalue weighted by molar-refractivity contribution is 6.74. The van der Waals surface area contributed by atoms with E-state index in [1.165, 1.54) is 6.92 Å². The number of benzene rings is 1. The Labute approximate surface area is 164 Å². The molecule has 0 N–H and O–H groups in total. The minimum atomic E-state index is -1.99. The highest BCUT2D eigenvalue weighted by Gasteiger charge is 2.45. The van der Waals surface area contributed by atoms with Crippen molar-refractivity contribution in [2.45, 2.75) is 90.4 Å². The summed E-state index contributed by atoms with van der Waals surface area (Å²) in [6.07, 6.45) is -0.850. The minimum absolute atomic E-state index is 0.0805. The Bertz CT molecular complexity index is 611. The predicted octanol–water partition coefficient (Wildman–Crippen LogP) is 4.66. The van der Waals surface area contributed by atoms with Gasteiger partial charge in [-0.2, -0.15) is 0 Å². The van der Waals surface area contributed by atoms with Crippen LogP contribution in [-0.2, 0) is 30.0 Å². The van der Waals surface area contributed by atoms with Crippen molar-refractivity contribution < 1.29 is 23.4 Å². The second kappa shape index (κ2) is 8.86. The molecule has 1 aliphatic rings. The SMILES string of the molecule is CC(=O)O[C@H]1C[C@@H](O[Si](C)(C)C(C)(C)C)O[C@@H](C)[C@H]1OCc1ccccc1. The van der Waals surface area contributed by atoms with Crippen LogP contribution in [0.2, 0.25) is 18.1 Å². The molecule has 0 unspecified atom stereocenters. The zero-order chi connectivity index (χ0) is 20.2. The molecular weight excluding hydrogens is 360 g/mol. The molecule has 1 aromatic rings. The van der Waals surface area contributed by atoms with Crippen molar-refractivity contribution in [3.8, 4) is 0 Å². The summed E-state index contributed by atoms with van der Waals surface area (Å²) < 4.78 is 24.2. The molecule has 1 aromatic carbocycles. The molecular formula is C21H34O5Si. The summed E-state index contributed by atoms with van der Waals surface area (Å²) in [5.41, 5.74) is 1.07. The predicted molar refractivity (Wildman–Crippen MR) is 108 cm³/mol. The van der Waals surface area contributed by atoms with Gasteiger partial charge in [-0.15, -0.1) is 0 Å². The lowest BCUT2D eigenvalue weighted by Crippen LogP contribution is -2.54. The van der Waals surface area contributed by atoms with E-state index in [1.807, 2.05) is 37.3 Å². The Kier molecular flexibility index (Phi) is 7.25. The van der Waals surface area contributed by atoms with Crippen molar-refractivity contribution in [2.24, 2.45) is 0 Å². The first-order valence-corrected chi connectivity index (χ1v) is 12.6. The standard InChI is InChI=1S/C21H34O5Si/c1-15-20(23-14-17-11-9-8-10-12-17)18(25-16(2)22)13-19(24-15)26-27(6,7)21(3,4)5/h8-12,15,18-20H,13-14H2,1-7H3/t15-,18-,19+,20+/m0/s1. The lowest BCUT2D eigenvalue weighted by atomic mass is 10.0. The van der Waals surface area contributed by atoms with Gasteiger partial charge in [0.15, 0.2) is 14.6 Å². The first-order chi connectivity index (χ1) is 12.5. The zero-order valence-corrected chi connectivity index (χ0v) is 18.7. The maximum Gasteiger partial charge on any atom is 0.302 e. The van der Waals surface area contributed by atoms with Crippen LogP contribution in [0, 0.1) is 0 Å². The van der Waals surface area contributed by atoms with Crippen LogP contribution in [0.5, 0.6) is 0 Å². The third-order valence-electron chi connectivity index (χ3n) is 5.46. The summed E-state index contributed by atoms with van der Waals surface area (Å²) in [5.74, 6) is -0.312. The van der Waals surface area contributed by atoms with E-state index in [-0.39, 0.29) is 35.6 Å². The summed E-state index contributed by atoms with van der Waals surface area (Å²) in [5, 5.41) is 0.0805. The Balaban J connectivity index is 2.07. The molecule has 152 valence electrons. The van der Waals surface area contributed by atoms with Gasteiger partial charge in [0, 0.05) is 13.3 Å². The number of hydrogen-bond donors (Lipinski definition) is 0. The van der Waals surface area contributed by atoms with Gasteiger partial charge < -0.3 is 18.6 Å². The molecule has 0 saturated carbocycles. The fourth-order valence-electron chi connectivity index (χ4n) is 2.92. The van der Waals surface area contributed by atoms with Crippen LogP contribution in [0.15, 0.2) is 30.3 Å². The molecule has 4 atom stereocenters. The van der Waals surface area contributed by atoms with Gasteiger partial charge in [0.05, 0.1) is 12.7 Å². The largest absolute Gasteiger partial charge is 0.459 e. The van der Waals surface area contributed by atoms with Gasteiger partial charge >= 0.3 is 5.97 Å². The fraction of sp³-hybridized carbons (Fsp3) is 0.667. The molecule has 27 heavy (non-hydrogen) atoms. The van der Waals surface area contributed by atoms with E-state index in [1.54, 1.807) is 0 Å². The van der Waals surface area contributed by atoms with Crippen molar-refractivity contribution in [3.63, 3.8) is 0 Å². The smallest absolute Gasteiger partial charge is 0.302 e. The molecule has 2 rings (SSSR count). The normalized spacial score (nSPS) is 26.6. The van der Waals surface area contributed by atoms with Gasteiger partial charge in [0.25, 0.3) is 0 Å². The maximum atomic E-state index is 11.6. The molecule has 0 spiro atoms. The lowest BCUT2D eigenvalue weighted by molar-refractivity contribution is -0.241. The van der Waals surface area contributed by atoms with E-state index < -0.39 is 8.32 Å².